The van der Waals surface area contributed by atoms with Gasteiger partial charge < -0.3 is 5.11 Å². The molecule has 1 aromatic rings. The number of carboxylic acid groups (broad SMARTS) is 1. The standard InChI is InChI=1S/C9H11NO3S/c1-14(10,13)8-4-2-7(3-5-8)6-9(11)12/h2-5,10H,6H2,1H3,(H,11,12)/t14-/m0/s1. The van der Waals surface area contributed by atoms with Crippen LogP contribution in [0.2, 0.25) is 0 Å². The first-order chi connectivity index (χ1) is 6.39. The average molecular weight is 213 g/mol. The molecule has 0 aromatic heterocycles. The molecule has 0 aliphatic heterocycles. The molecule has 0 radical (unpaired) electrons. The molecule has 0 saturated carbocycles. The third-order valence-electron chi connectivity index (χ3n) is 1.73. The molecule has 0 aliphatic carbocycles. The second-order valence-electron chi connectivity index (χ2n) is 3.06. The molecule has 2 N–H and O–H groups in total. The minimum Gasteiger partial charge on any atom is -0.481 e. The van der Waals surface area contributed by atoms with Gasteiger partial charge in [-0.05, 0) is 17.7 Å². The number of aliphatic carboxylic acids is 1. The van der Waals surface area contributed by atoms with Crippen LogP contribution in [0.5, 0.6) is 0 Å². The zero-order valence-electron chi connectivity index (χ0n) is 7.69. The maximum absolute atomic E-state index is 11.3. The van der Waals surface area contributed by atoms with Crippen molar-refractivity contribution in [1.82, 2.24) is 0 Å². The summed E-state index contributed by atoms with van der Waals surface area (Å²) < 4.78 is 18.6. The summed E-state index contributed by atoms with van der Waals surface area (Å²) in [5.41, 5.74) is 0.643. The lowest BCUT2D eigenvalue weighted by atomic mass is 10.2. The van der Waals surface area contributed by atoms with Crippen molar-refractivity contribution < 1.29 is 14.1 Å². The van der Waals surface area contributed by atoms with Crippen molar-refractivity contribution in [3.8, 4) is 0 Å². The lowest BCUT2D eigenvalue weighted by Gasteiger charge is -2.01. The van der Waals surface area contributed by atoms with Crippen LogP contribution in [-0.2, 0) is 20.9 Å². The summed E-state index contributed by atoms with van der Waals surface area (Å²) in [5, 5.41) is 8.50. The monoisotopic (exact) mass is 213 g/mol. The highest BCUT2D eigenvalue weighted by Gasteiger charge is 2.04. The van der Waals surface area contributed by atoms with E-state index in [0.717, 1.165) is 0 Å². The van der Waals surface area contributed by atoms with Crippen molar-refractivity contribution in [1.29, 1.82) is 4.78 Å². The summed E-state index contributed by atoms with van der Waals surface area (Å²) >= 11 is 0. The number of nitrogens with one attached hydrogen (secondary N) is 1. The smallest absolute Gasteiger partial charge is 0.307 e. The van der Waals surface area contributed by atoms with Gasteiger partial charge in [-0.15, -0.1) is 0 Å². The van der Waals surface area contributed by atoms with Crippen LogP contribution in [0.3, 0.4) is 0 Å². The van der Waals surface area contributed by atoms with E-state index in [2.05, 4.69) is 0 Å². The summed E-state index contributed by atoms with van der Waals surface area (Å²) in [7, 11) is -2.70. The largest absolute Gasteiger partial charge is 0.481 e. The van der Waals surface area contributed by atoms with E-state index in [1.165, 1.54) is 18.4 Å². The summed E-state index contributed by atoms with van der Waals surface area (Å²) in [5.74, 6) is -0.902. The van der Waals surface area contributed by atoms with Crippen molar-refractivity contribution >= 4 is 15.7 Å². The van der Waals surface area contributed by atoms with Crippen LogP contribution in [0.25, 0.3) is 0 Å². The Morgan fingerprint density at radius 3 is 2.29 bits per heavy atom. The Balaban J connectivity index is 2.95. The first-order valence-corrected chi connectivity index (χ1v) is 5.91. The highest BCUT2D eigenvalue weighted by atomic mass is 32.2. The van der Waals surface area contributed by atoms with Gasteiger partial charge in [0.25, 0.3) is 0 Å². The van der Waals surface area contributed by atoms with E-state index in [4.69, 9.17) is 9.89 Å². The number of hydrogen-bond donors (Lipinski definition) is 2. The summed E-state index contributed by atoms with van der Waals surface area (Å²) in [6, 6.07) is 6.24. The second-order valence-corrected chi connectivity index (χ2v) is 5.22. The van der Waals surface area contributed by atoms with Crippen molar-refractivity contribution in [3.63, 3.8) is 0 Å². The van der Waals surface area contributed by atoms with Gasteiger partial charge in [0, 0.05) is 11.2 Å². The van der Waals surface area contributed by atoms with Gasteiger partial charge in [0.05, 0.1) is 16.1 Å². The van der Waals surface area contributed by atoms with E-state index >= 15 is 0 Å². The Morgan fingerprint density at radius 2 is 1.93 bits per heavy atom. The fraction of sp³-hybridized carbons (Fsp3) is 0.222. The topological polar surface area (TPSA) is 78.2 Å². The Morgan fingerprint density at radius 1 is 1.43 bits per heavy atom. The average Bonchev–Trinajstić information content (AvgIpc) is 2.02. The molecule has 0 unspecified atom stereocenters. The van der Waals surface area contributed by atoms with Crippen LogP contribution >= 0.6 is 0 Å². The molecule has 14 heavy (non-hydrogen) atoms. The molecule has 76 valence electrons. The molecule has 1 aromatic carbocycles. The summed E-state index contributed by atoms with van der Waals surface area (Å²) in [4.78, 5) is 10.8. The van der Waals surface area contributed by atoms with Gasteiger partial charge in [-0.2, -0.15) is 0 Å². The number of benzene rings is 1. The molecule has 1 rings (SSSR count). The van der Waals surface area contributed by atoms with Crippen molar-refractivity contribution in [2.75, 3.05) is 6.26 Å². The molecule has 0 bridgehead atoms. The van der Waals surface area contributed by atoms with E-state index in [-0.39, 0.29) is 6.42 Å². The Hall–Kier alpha value is -1.36. The minimum absolute atomic E-state index is 0.0524. The predicted molar refractivity (Wildman–Crippen MR) is 52.8 cm³/mol. The van der Waals surface area contributed by atoms with Gasteiger partial charge in [0.15, 0.2) is 0 Å². The van der Waals surface area contributed by atoms with Crippen LogP contribution in [0.1, 0.15) is 5.56 Å². The molecule has 5 heteroatoms. The Kier molecular flexibility index (Phi) is 2.90. The Labute approximate surface area is 82.6 Å². The lowest BCUT2D eigenvalue weighted by molar-refractivity contribution is -0.136. The van der Waals surface area contributed by atoms with Gasteiger partial charge in [0.1, 0.15) is 0 Å². The van der Waals surface area contributed by atoms with Crippen LogP contribution < -0.4 is 0 Å². The number of carboxylic acids is 1. The summed E-state index contributed by atoms with van der Waals surface area (Å²) in [6.07, 6.45) is 1.28. The van der Waals surface area contributed by atoms with Crippen LogP contribution in [0.4, 0.5) is 0 Å². The molecule has 0 fully saturated rings. The number of rotatable bonds is 3. The van der Waals surface area contributed by atoms with Crippen molar-refractivity contribution in [2.24, 2.45) is 0 Å². The summed E-state index contributed by atoms with van der Waals surface area (Å²) in [6.45, 7) is 0. The van der Waals surface area contributed by atoms with Gasteiger partial charge in [-0.1, -0.05) is 12.1 Å². The number of carbonyl (C=O) groups is 1. The number of hydrogen-bond acceptors (Lipinski definition) is 3. The first-order valence-electron chi connectivity index (χ1n) is 3.94. The van der Waals surface area contributed by atoms with Crippen LogP contribution in [0, 0.1) is 4.78 Å². The van der Waals surface area contributed by atoms with E-state index in [1.54, 1.807) is 12.1 Å². The predicted octanol–water partition coefficient (Wildman–Crippen LogP) is 1.35. The maximum atomic E-state index is 11.3. The fourth-order valence-corrected chi connectivity index (χ4v) is 1.70. The molecule has 0 saturated heterocycles. The van der Waals surface area contributed by atoms with Crippen molar-refractivity contribution in [3.05, 3.63) is 29.8 Å². The molecule has 0 spiro atoms. The van der Waals surface area contributed by atoms with Gasteiger partial charge in [0.2, 0.25) is 0 Å². The maximum Gasteiger partial charge on any atom is 0.307 e. The van der Waals surface area contributed by atoms with E-state index < -0.39 is 15.7 Å². The fourth-order valence-electron chi connectivity index (χ4n) is 1.04. The second kappa shape index (κ2) is 3.79. The Bertz CT molecular complexity index is 434. The highest BCUT2D eigenvalue weighted by Crippen LogP contribution is 2.11. The molecule has 1 atom stereocenters. The third-order valence-corrected chi connectivity index (χ3v) is 2.90. The zero-order valence-corrected chi connectivity index (χ0v) is 8.50. The van der Waals surface area contributed by atoms with Crippen LogP contribution in [0.15, 0.2) is 29.2 Å². The van der Waals surface area contributed by atoms with Gasteiger partial charge in [-0.25, -0.2) is 8.99 Å². The normalized spacial score (nSPS) is 14.6. The molecule has 4 nitrogen and oxygen atoms in total. The lowest BCUT2D eigenvalue weighted by Crippen LogP contribution is -2.00. The first kappa shape index (κ1) is 10.7. The highest BCUT2D eigenvalue weighted by molar-refractivity contribution is 7.91. The van der Waals surface area contributed by atoms with E-state index in [0.29, 0.717) is 10.5 Å². The molecule has 0 heterocycles. The third kappa shape index (κ3) is 2.85. The molecular formula is C9H11NO3S. The molecule has 0 aliphatic rings. The van der Waals surface area contributed by atoms with Gasteiger partial charge in [-0.3, -0.25) is 4.79 Å². The van der Waals surface area contributed by atoms with Crippen LogP contribution in [-0.4, -0.2) is 21.5 Å². The van der Waals surface area contributed by atoms with Crippen molar-refractivity contribution in [2.45, 2.75) is 11.3 Å². The SMILES string of the molecule is C[S@](=N)(=O)c1ccc(CC(=O)O)cc1. The molecular weight excluding hydrogens is 202 g/mol. The zero-order chi connectivity index (χ0) is 10.8. The van der Waals surface area contributed by atoms with E-state index in [9.17, 15) is 9.00 Å². The minimum atomic E-state index is -2.70. The molecule has 0 amide bonds. The van der Waals surface area contributed by atoms with E-state index in [1.807, 2.05) is 0 Å². The van der Waals surface area contributed by atoms with Gasteiger partial charge >= 0.3 is 5.97 Å². The quantitative estimate of drug-likeness (QED) is 0.795.